The molecule has 3 rings (SSSR count). The highest BCUT2D eigenvalue weighted by Crippen LogP contribution is 2.25. The molecule has 0 aromatic carbocycles. The van der Waals surface area contributed by atoms with E-state index in [4.69, 9.17) is 4.52 Å². The summed E-state index contributed by atoms with van der Waals surface area (Å²) in [4.78, 5) is 24.9. The van der Waals surface area contributed by atoms with Crippen molar-refractivity contribution in [2.24, 2.45) is 0 Å². The zero-order chi connectivity index (χ0) is 14.7. The molecule has 110 valence electrons. The van der Waals surface area contributed by atoms with Gasteiger partial charge in [0.05, 0.1) is 4.88 Å². The highest BCUT2D eigenvalue weighted by atomic mass is 32.1. The van der Waals surface area contributed by atoms with E-state index in [0.29, 0.717) is 18.7 Å². The van der Waals surface area contributed by atoms with Gasteiger partial charge in [0.2, 0.25) is 5.91 Å². The van der Waals surface area contributed by atoms with Crippen LogP contribution in [0.2, 0.25) is 0 Å². The molecule has 2 aromatic rings. The van der Waals surface area contributed by atoms with E-state index in [1.807, 2.05) is 17.5 Å². The van der Waals surface area contributed by atoms with E-state index in [-0.39, 0.29) is 17.5 Å². The predicted octanol–water partition coefficient (Wildman–Crippen LogP) is 1.80. The van der Waals surface area contributed by atoms with Crippen molar-refractivity contribution in [3.05, 3.63) is 29.3 Å². The molecule has 1 aliphatic heterocycles. The lowest BCUT2D eigenvalue weighted by Gasteiger charge is -2.13. The molecule has 1 saturated heterocycles. The molecular formula is C14H15N3O3S. The van der Waals surface area contributed by atoms with Crippen LogP contribution in [0.3, 0.4) is 0 Å². The van der Waals surface area contributed by atoms with Crippen LogP contribution in [0.15, 0.2) is 28.1 Å². The van der Waals surface area contributed by atoms with Crippen LogP contribution in [0.5, 0.6) is 0 Å². The van der Waals surface area contributed by atoms with E-state index in [0.717, 1.165) is 17.7 Å². The molecule has 0 bridgehead atoms. The van der Waals surface area contributed by atoms with Crippen LogP contribution < -0.4 is 10.6 Å². The van der Waals surface area contributed by atoms with Crippen LogP contribution in [0, 0.1) is 0 Å². The van der Waals surface area contributed by atoms with Gasteiger partial charge >= 0.3 is 0 Å². The summed E-state index contributed by atoms with van der Waals surface area (Å²) in [6, 6.07) is 4.89. The Hall–Kier alpha value is -2.15. The first kappa shape index (κ1) is 13.8. The van der Waals surface area contributed by atoms with Gasteiger partial charge < -0.3 is 15.2 Å². The van der Waals surface area contributed by atoms with Crippen LogP contribution in [0.25, 0.3) is 10.6 Å². The summed E-state index contributed by atoms with van der Waals surface area (Å²) in [6.07, 6.45) is 2.49. The lowest BCUT2D eigenvalue weighted by atomic mass is 10.1. The number of hydrogen-bond donors (Lipinski definition) is 2. The quantitative estimate of drug-likeness (QED) is 0.905. The summed E-state index contributed by atoms with van der Waals surface area (Å²) in [6.45, 7) is 0.664. The minimum Gasteiger partial charge on any atom is -0.355 e. The van der Waals surface area contributed by atoms with Crippen LogP contribution >= 0.6 is 11.3 Å². The highest BCUT2D eigenvalue weighted by Gasteiger charge is 2.24. The number of carbonyl (C=O) groups excluding carboxylic acids is 2. The summed E-state index contributed by atoms with van der Waals surface area (Å²) in [5, 5.41) is 11.2. The second-order valence-corrected chi connectivity index (χ2v) is 5.81. The Morgan fingerprint density at radius 3 is 3.19 bits per heavy atom. The second-order valence-electron chi connectivity index (χ2n) is 4.87. The summed E-state index contributed by atoms with van der Waals surface area (Å²) in [5.41, 5.74) is 0.190. The molecule has 0 spiro atoms. The fourth-order valence-corrected chi connectivity index (χ4v) is 2.90. The van der Waals surface area contributed by atoms with E-state index >= 15 is 0 Å². The third-order valence-corrected chi connectivity index (χ3v) is 4.23. The first-order valence-corrected chi connectivity index (χ1v) is 7.71. The Morgan fingerprint density at radius 1 is 1.48 bits per heavy atom. The lowest BCUT2D eigenvalue weighted by Crippen LogP contribution is -2.45. The summed E-state index contributed by atoms with van der Waals surface area (Å²) >= 11 is 1.51. The van der Waals surface area contributed by atoms with Gasteiger partial charge in [-0.1, -0.05) is 11.2 Å². The topological polar surface area (TPSA) is 84.2 Å². The van der Waals surface area contributed by atoms with E-state index in [1.165, 1.54) is 11.3 Å². The Bertz CT molecular complexity index is 636. The normalized spacial score (nSPS) is 18.9. The molecule has 2 N–H and O–H groups in total. The van der Waals surface area contributed by atoms with Crippen molar-refractivity contribution < 1.29 is 14.1 Å². The molecule has 1 atom stereocenters. The van der Waals surface area contributed by atoms with Crippen molar-refractivity contribution in [3.63, 3.8) is 0 Å². The van der Waals surface area contributed by atoms with E-state index < -0.39 is 6.04 Å². The standard InChI is InChI=1S/C14H15N3O3S/c18-13-9(4-1-2-6-15-13)16-14(19)10-8-11(20-17-10)12-5-3-7-21-12/h3,5,7-9H,1-2,4,6H2,(H,15,18)(H,16,19)/t9-/m0/s1. The van der Waals surface area contributed by atoms with Crippen LogP contribution in [0.4, 0.5) is 0 Å². The molecule has 1 fully saturated rings. The van der Waals surface area contributed by atoms with Crippen molar-refractivity contribution in [3.8, 4) is 10.6 Å². The third kappa shape index (κ3) is 3.13. The van der Waals surface area contributed by atoms with Gasteiger partial charge in [0.15, 0.2) is 11.5 Å². The smallest absolute Gasteiger partial charge is 0.274 e. The number of thiophene rings is 1. The van der Waals surface area contributed by atoms with Gasteiger partial charge in [-0.3, -0.25) is 9.59 Å². The predicted molar refractivity (Wildman–Crippen MR) is 77.9 cm³/mol. The first-order valence-electron chi connectivity index (χ1n) is 6.83. The van der Waals surface area contributed by atoms with Gasteiger partial charge in [-0.15, -0.1) is 11.3 Å². The van der Waals surface area contributed by atoms with Crippen LogP contribution in [-0.4, -0.2) is 29.6 Å². The number of carbonyl (C=O) groups is 2. The summed E-state index contributed by atoms with van der Waals surface area (Å²) in [7, 11) is 0. The molecular weight excluding hydrogens is 290 g/mol. The zero-order valence-corrected chi connectivity index (χ0v) is 12.1. The van der Waals surface area contributed by atoms with Crippen molar-refractivity contribution in [2.75, 3.05) is 6.54 Å². The molecule has 0 saturated carbocycles. The van der Waals surface area contributed by atoms with Gasteiger partial charge in [0.25, 0.3) is 5.91 Å². The Morgan fingerprint density at radius 2 is 2.38 bits per heavy atom. The molecule has 21 heavy (non-hydrogen) atoms. The molecule has 2 aromatic heterocycles. The minimum atomic E-state index is -0.498. The molecule has 0 unspecified atom stereocenters. The molecule has 7 heteroatoms. The van der Waals surface area contributed by atoms with Gasteiger partial charge in [0, 0.05) is 12.6 Å². The number of rotatable bonds is 3. The maximum Gasteiger partial charge on any atom is 0.274 e. The molecule has 0 aliphatic carbocycles. The van der Waals surface area contributed by atoms with E-state index in [1.54, 1.807) is 6.07 Å². The highest BCUT2D eigenvalue weighted by molar-refractivity contribution is 7.13. The van der Waals surface area contributed by atoms with Crippen molar-refractivity contribution in [2.45, 2.75) is 25.3 Å². The largest absolute Gasteiger partial charge is 0.355 e. The summed E-state index contributed by atoms with van der Waals surface area (Å²) in [5.74, 6) is 0.0342. The van der Waals surface area contributed by atoms with E-state index in [9.17, 15) is 9.59 Å². The monoisotopic (exact) mass is 305 g/mol. The minimum absolute atomic E-state index is 0.136. The van der Waals surface area contributed by atoms with Crippen molar-refractivity contribution in [1.82, 2.24) is 15.8 Å². The average Bonchev–Trinajstić information content (AvgIpc) is 3.12. The molecule has 0 radical (unpaired) electrons. The van der Waals surface area contributed by atoms with Gasteiger partial charge in [0.1, 0.15) is 6.04 Å². The van der Waals surface area contributed by atoms with Gasteiger partial charge in [-0.2, -0.15) is 0 Å². The molecule has 3 heterocycles. The number of aromatic nitrogens is 1. The van der Waals surface area contributed by atoms with Crippen molar-refractivity contribution >= 4 is 23.2 Å². The second kappa shape index (κ2) is 6.09. The molecule has 1 aliphatic rings. The van der Waals surface area contributed by atoms with Crippen molar-refractivity contribution in [1.29, 1.82) is 0 Å². The zero-order valence-electron chi connectivity index (χ0n) is 11.3. The Balaban J connectivity index is 1.69. The van der Waals surface area contributed by atoms with Crippen LogP contribution in [-0.2, 0) is 4.79 Å². The first-order chi connectivity index (χ1) is 10.2. The fourth-order valence-electron chi connectivity index (χ4n) is 2.23. The third-order valence-electron chi connectivity index (χ3n) is 3.35. The molecule has 2 amide bonds. The van der Waals surface area contributed by atoms with Gasteiger partial charge in [-0.25, -0.2) is 0 Å². The maximum atomic E-state index is 12.1. The summed E-state index contributed by atoms with van der Waals surface area (Å²) < 4.78 is 5.17. The maximum absolute atomic E-state index is 12.1. The fraction of sp³-hybridized carbons (Fsp3) is 0.357. The van der Waals surface area contributed by atoms with E-state index in [2.05, 4.69) is 15.8 Å². The number of amides is 2. The number of nitrogens with one attached hydrogen (secondary N) is 2. The Labute approximate surface area is 125 Å². The average molecular weight is 305 g/mol. The lowest BCUT2D eigenvalue weighted by molar-refractivity contribution is -0.122. The number of nitrogens with zero attached hydrogens (tertiary/aromatic N) is 1. The molecule has 6 nitrogen and oxygen atoms in total. The number of hydrogen-bond acceptors (Lipinski definition) is 5. The van der Waals surface area contributed by atoms with Crippen LogP contribution in [0.1, 0.15) is 29.8 Å². The Kier molecular flexibility index (Phi) is 4.01. The van der Waals surface area contributed by atoms with Gasteiger partial charge in [-0.05, 0) is 30.7 Å². The SMILES string of the molecule is O=C(N[C@H]1CCCCNC1=O)c1cc(-c2cccs2)on1.